The fourth-order valence-corrected chi connectivity index (χ4v) is 2.39. The Morgan fingerprint density at radius 2 is 1.89 bits per heavy atom. The Kier molecular flexibility index (Phi) is 3.06. The van der Waals surface area contributed by atoms with Crippen LogP contribution in [0.15, 0.2) is 47.1 Å². The molecule has 0 aliphatic rings. The molecule has 0 radical (unpaired) electrons. The summed E-state index contributed by atoms with van der Waals surface area (Å²) in [4.78, 5) is 0. The number of aromatic nitrogens is 2. The summed E-state index contributed by atoms with van der Waals surface area (Å²) in [5.74, 6) is -1.15. The smallest absolute Gasteiger partial charge is 0.145 e. The van der Waals surface area contributed by atoms with Gasteiger partial charge in [-0.3, -0.25) is 4.68 Å². The van der Waals surface area contributed by atoms with Gasteiger partial charge in [-0.2, -0.15) is 5.10 Å². The van der Waals surface area contributed by atoms with Crippen molar-refractivity contribution >= 4 is 26.8 Å². The molecule has 0 aliphatic heterocycles. The summed E-state index contributed by atoms with van der Waals surface area (Å²) in [5.41, 5.74) is 0.851. The van der Waals surface area contributed by atoms with Crippen molar-refractivity contribution in [1.82, 2.24) is 9.78 Å². The van der Waals surface area contributed by atoms with Gasteiger partial charge in [0.25, 0.3) is 0 Å². The highest BCUT2D eigenvalue weighted by molar-refractivity contribution is 9.10. The summed E-state index contributed by atoms with van der Waals surface area (Å²) in [6.07, 6.45) is 1.68. The third kappa shape index (κ3) is 2.14. The Hall–Kier alpha value is -1.75. The molecule has 0 unspecified atom stereocenters. The number of para-hydroxylation sites is 1. The van der Waals surface area contributed by atoms with E-state index in [1.54, 1.807) is 10.9 Å². The van der Waals surface area contributed by atoms with Crippen LogP contribution in [-0.2, 0) is 6.54 Å². The second-order valence-electron chi connectivity index (χ2n) is 4.18. The van der Waals surface area contributed by atoms with Gasteiger partial charge in [-0.1, -0.05) is 18.2 Å². The first-order valence-electron chi connectivity index (χ1n) is 5.70. The number of hydrogen-bond donors (Lipinski definition) is 0. The highest BCUT2D eigenvalue weighted by atomic mass is 79.9. The second kappa shape index (κ2) is 4.74. The molecule has 0 fully saturated rings. The maximum atomic E-state index is 13.9. The van der Waals surface area contributed by atoms with E-state index < -0.39 is 11.6 Å². The van der Waals surface area contributed by atoms with E-state index >= 15 is 0 Å². The molecule has 0 spiro atoms. The summed E-state index contributed by atoms with van der Waals surface area (Å²) in [5, 5.41) is 5.11. The standard InChI is InChI=1S/C14H9BrF2N2/c15-11-5-6-12(16)10(14(11)17)8-19-13-4-2-1-3-9(13)7-18-19/h1-7H,8H2. The van der Waals surface area contributed by atoms with Crippen LogP contribution in [0.2, 0.25) is 0 Å². The Balaban J connectivity index is 2.09. The molecule has 3 aromatic rings. The first-order valence-corrected chi connectivity index (χ1v) is 6.49. The van der Waals surface area contributed by atoms with Crippen LogP contribution >= 0.6 is 15.9 Å². The molecule has 5 heteroatoms. The van der Waals surface area contributed by atoms with Crippen LogP contribution in [0.3, 0.4) is 0 Å². The van der Waals surface area contributed by atoms with Crippen LogP contribution in [0.4, 0.5) is 8.78 Å². The minimum Gasteiger partial charge on any atom is -0.260 e. The van der Waals surface area contributed by atoms with Crippen molar-refractivity contribution in [2.24, 2.45) is 0 Å². The monoisotopic (exact) mass is 322 g/mol. The number of hydrogen-bond acceptors (Lipinski definition) is 1. The number of halogens is 3. The van der Waals surface area contributed by atoms with Crippen molar-refractivity contribution in [3.05, 3.63) is 64.3 Å². The molecule has 2 aromatic carbocycles. The van der Waals surface area contributed by atoms with Gasteiger partial charge in [0.05, 0.1) is 22.7 Å². The Morgan fingerprint density at radius 3 is 2.74 bits per heavy atom. The van der Waals surface area contributed by atoms with E-state index in [9.17, 15) is 8.78 Å². The molecule has 0 bridgehead atoms. The molecule has 0 saturated heterocycles. The average Bonchev–Trinajstić information content (AvgIpc) is 2.83. The lowest BCUT2D eigenvalue weighted by atomic mass is 10.2. The SMILES string of the molecule is Fc1ccc(Br)c(F)c1Cn1ncc2ccccc21. The van der Waals surface area contributed by atoms with Crippen LogP contribution in [0.25, 0.3) is 10.9 Å². The Labute approximate surface area is 116 Å². The lowest BCUT2D eigenvalue weighted by molar-refractivity contribution is 0.533. The molecule has 96 valence electrons. The molecule has 0 saturated carbocycles. The van der Waals surface area contributed by atoms with Crippen molar-refractivity contribution in [2.75, 3.05) is 0 Å². The Bertz CT molecular complexity index is 752. The van der Waals surface area contributed by atoms with Gasteiger partial charge in [0.1, 0.15) is 11.6 Å². The van der Waals surface area contributed by atoms with Crippen molar-refractivity contribution < 1.29 is 8.78 Å². The third-order valence-corrected chi connectivity index (χ3v) is 3.61. The van der Waals surface area contributed by atoms with Crippen molar-refractivity contribution in [3.63, 3.8) is 0 Å². The van der Waals surface area contributed by atoms with Crippen molar-refractivity contribution in [1.29, 1.82) is 0 Å². The molecule has 0 aliphatic carbocycles. The van der Waals surface area contributed by atoms with Crippen LogP contribution in [0.1, 0.15) is 5.56 Å². The second-order valence-corrected chi connectivity index (χ2v) is 5.04. The highest BCUT2D eigenvalue weighted by Gasteiger charge is 2.14. The van der Waals surface area contributed by atoms with Gasteiger partial charge in [-0.15, -0.1) is 0 Å². The summed E-state index contributed by atoms with van der Waals surface area (Å²) in [6.45, 7) is 0.0601. The molecule has 0 N–H and O–H groups in total. The normalized spacial score (nSPS) is 11.1. The van der Waals surface area contributed by atoms with Crippen LogP contribution in [-0.4, -0.2) is 9.78 Å². The van der Waals surface area contributed by atoms with E-state index in [0.717, 1.165) is 10.9 Å². The van der Waals surface area contributed by atoms with E-state index in [0.29, 0.717) is 0 Å². The van der Waals surface area contributed by atoms with Crippen molar-refractivity contribution in [3.8, 4) is 0 Å². The first-order chi connectivity index (χ1) is 9.16. The van der Waals surface area contributed by atoms with Gasteiger partial charge in [0, 0.05) is 10.9 Å². The molecule has 1 aromatic heterocycles. The number of fused-ring (bicyclic) bond motifs is 1. The highest BCUT2D eigenvalue weighted by Crippen LogP contribution is 2.23. The Morgan fingerprint density at radius 1 is 1.11 bits per heavy atom. The van der Waals surface area contributed by atoms with Gasteiger partial charge < -0.3 is 0 Å². The zero-order valence-electron chi connectivity index (χ0n) is 9.78. The molecule has 3 rings (SSSR count). The number of benzene rings is 2. The minimum absolute atomic E-state index is 0.00299. The fraction of sp³-hybridized carbons (Fsp3) is 0.0714. The molecular formula is C14H9BrF2N2. The lowest BCUT2D eigenvalue weighted by Gasteiger charge is -2.08. The summed E-state index contributed by atoms with van der Waals surface area (Å²) in [7, 11) is 0. The van der Waals surface area contributed by atoms with Gasteiger partial charge in [-0.05, 0) is 34.1 Å². The van der Waals surface area contributed by atoms with Gasteiger partial charge >= 0.3 is 0 Å². The zero-order chi connectivity index (χ0) is 13.4. The zero-order valence-corrected chi connectivity index (χ0v) is 11.4. The van der Waals surface area contributed by atoms with Crippen LogP contribution < -0.4 is 0 Å². The van der Waals surface area contributed by atoms with Gasteiger partial charge in [0.15, 0.2) is 0 Å². The first kappa shape index (κ1) is 12.3. The lowest BCUT2D eigenvalue weighted by Crippen LogP contribution is -2.06. The molecule has 19 heavy (non-hydrogen) atoms. The number of nitrogens with zero attached hydrogens (tertiary/aromatic N) is 2. The van der Waals surface area contributed by atoms with Crippen LogP contribution in [0, 0.1) is 11.6 Å². The van der Waals surface area contributed by atoms with Crippen molar-refractivity contribution in [2.45, 2.75) is 6.54 Å². The van der Waals surface area contributed by atoms with Gasteiger partial charge in [-0.25, -0.2) is 8.78 Å². The predicted molar refractivity (Wildman–Crippen MR) is 72.9 cm³/mol. The van der Waals surface area contributed by atoms with E-state index in [4.69, 9.17) is 0 Å². The van der Waals surface area contributed by atoms with E-state index in [1.807, 2.05) is 24.3 Å². The quantitative estimate of drug-likeness (QED) is 0.649. The number of rotatable bonds is 2. The topological polar surface area (TPSA) is 17.8 Å². The summed E-state index contributed by atoms with van der Waals surface area (Å²) < 4.78 is 29.5. The van der Waals surface area contributed by atoms with E-state index in [-0.39, 0.29) is 16.6 Å². The predicted octanol–water partition coefficient (Wildman–Crippen LogP) is 4.13. The van der Waals surface area contributed by atoms with Gasteiger partial charge in [0.2, 0.25) is 0 Å². The molecule has 1 heterocycles. The molecule has 2 nitrogen and oxygen atoms in total. The maximum absolute atomic E-state index is 13.9. The molecule has 0 amide bonds. The largest absolute Gasteiger partial charge is 0.260 e. The molecule has 0 atom stereocenters. The fourth-order valence-electron chi connectivity index (χ4n) is 2.02. The molecular weight excluding hydrogens is 314 g/mol. The maximum Gasteiger partial charge on any atom is 0.145 e. The van der Waals surface area contributed by atoms with E-state index in [2.05, 4.69) is 21.0 Å². The van der Waals surface area contributed by atoms with E-state index in [1.165, 1.54) is 12.1 Å². The average molecular weight is 323 g/mol. The van der Waals surface area contributed by atoms with Crippen LogP contribution in [0.5, 0.6) is 0 Å². The third-order valence-electron chi connectivity index (χ3n) is 3.00. The summed E-state index contributed by atoms with van der Waals surface area (Å²) in [6, 6.07) is 10.1. The minimum atomic E-state index is -0.584. The summed E-state index contributed by atoms with van der Waals surface area (Å²) >= 11 is 3.06.